The van der Waals surface area contributed by atoms with E-state index in [0.29, 0.717) is 34.8 Å². The first-order valence-electron chi connectivity index (χ1n) is 15.2. The first-order chi connectivity index (χ1) is 19.1. The molecule has 40 heavy (non-hydrogen) atoms. The molecular weight excluding hydrogens is 521 g/mol. The molecule has 1 heterocycles. The van der Waals surface area contributed by atoms with Gasteiger partial charge < -0.3 is 13.8 Å². The molecule has 8 atom stereocenters. The summed E-state index contributed by atoms with van der Waals surface area (Å²) in [7, 11) is -4.05. The van der Waals surface area contributed by atoms with Crippen LogP contribution in [0.4, 0.5) is 0 Å². The average molecular weight is 570 g/mol. The van der Waals surface area contributed by atoms with Crippen LogP contribution in [0.2, 0.25) is 0 Å². The largest absolute Gasteiger partial charge is 0.441 e. The third-order valence-corrected chi connectivity index (χ3v) is 11.1. The van der Waals surface area contributed by atoms with Crippen molar-refractivity contribution < 1.29 is 23.1 Å². The van der Waals surface area contributed by atoms with Crippen molar-refractivity contribution in [3.8, 4) is 0 Å². The Morgan fingerprint density at radius 2 is 1.38 bits per heavy atom. The Balaban J connectivity index is 1.77. The fourth-order valence-corrected chi connectivity index (χ4v) is 8.82. The average Bonchev–Trinajstić information content (AvgIpc) is 2.92. The minimum atomic E-state index is -4.05. The fraction of sp³-hybridized carbons (Fsp3) is 0.636. The number of pyridine rings is 1. The zero-order valence-electron chi connectivity index (χ0n) is 25.1. The van der Waals surface area contributed by atoms with Gasteiger partial charge >= 0.3 is 13.6 Å². The summed E-state index contributed by atoms with van der Waals surface area (Å²) < 4.78 is 35.1. The van der Waals surface area contributed by atoms with Gasteiger partial charge in [0.1, 0.15) is 0 Å². The summed E-state index contributed by atoms with van der Waals surface area (Å²) in [6, 6.07) is 12.4. The highest BCUT2D eigenvalue weighted by atomic mass is 31.2. The highest BCUT2D eigenvalue weighted by Crippen LogP contribution is 2.66. The van der Waals surface area contributed by atoms with Crippen LogP contribution in [-0.4, -0.2) is 23.2 Å². The zero-order chi connectivity index (χ0) is 28.9. The summed E-state index contributed by atoms with van der Waals surface area (Å²) in [6.45, 7) is 13.3. The Labute approximate surface area is 241 Å². The summed E-state index contributed by atoms with van der Waals surface area (Å²) in [5.74, 6) is 0.365. The third kappa shape index (κ3) is 7.63. The van der Waals surface area contributed by atoms with E-state index in [4.69, 9.17) is 13.8 Å². The molecule has 0 radical (unpaired) electrons. The van der Waals surface area contributed by atoms with Crippen molar-refractivity contribution >= 4 is 13.6 Å². The molecule has 2 aromatic rings. The number of carbonyl (C=O) groups excluding carboxylic acids is 1. The summed E-state index contributed by atoms with van der Waals surface area (Å²) in [6.07, 6.45) is 8.65. The van der Waals surface area contributed by atoms with Crippen molar-refractivity contribution in [2.24, 2.45) is 35.5 Å². The van der Waals surface area contributed by atoms with Crippen molar-refractivity contribution in [1.29, 1.82) is 0 Å². The molecular formula is C33H48NO5P. The molecule has 1 unspecified atom stereocenters. The Kier molecular flexibility index (Phi) is 10.6. The number of hydrogen-bond donors (Lipinski definition) is 0. The molecule has 0 aliphatic heterocycles. The van der Waals surface area contributed by atoms with Gasteiger partial charge in [0.05, 0.1) is 17.8 Å². The second kappa shape index (κ2) is 13.8. The molecule has 0 saturated heterocycles. The Morgan fingerprint density at radius 3 is 1.85 bits per heavy atom. The van der Waals surface area contributed by atoms with Crippen molar-refractivity contribution in [2.45, 2.75) is 98.1 Å². The van der Waals surface area contributed by atoms with E-state index in [1.165, 1.54) is 0 Å². The van der Waals surface area contributed by atoms with Gasteiger partial charge in [0.2, 0.25) is 5.85 Å². The highest BCUT2D eigenvalue weighted by molar-refractivity contribution is 7.54. The second-order valence-corrected chi connectivity index (χ2v) is 14.9. The summed E-state index contributed by atoms with van der Waals surface area (Å²) in [5, 5.41) is 0. The molecule has 2 fully saturated rings. The van der Waals surface area contributed by atoms with Crippen LogP contribution in [0.25, 0.3) is 0 Å². The van der Waals surface area contributed by atoms with Gasteiger partial charge in [0.25, 0.3) is 0 Å². The van der Waals surface area contributed by atoms with Gasteiger partial charge in [0, 0.05) is 18.0 Å². The Bertz CT molecular complexity index is 1090. The molecule has 0 amide bonds. The number of ether oxygens (including phenoxy) is 1. The van der Waals surface area contributed by atoms with Crippen molar-refractivity contribution in [3.05, 3.63) is 66.0 Å². The number of benzene rings is 1. The molecule has 4 rings (SSSR count). The monoisotopic (exact) mass is 569 g/mol. The van der Waals surface area contributed by atoms with E-state index in [-0.39, 0.29) is 24.0 Å². The molecule has 7 heteroatoms. The standard InChI is InChI=1S/C33H48NO5P/c1-22(2)28-16-14-24(5)19-30(28)38-40(36,39-31-20-25(6)15-17-29(31)23(3)4)33(27-13-10-18-34-21-27)37-32(35)26-11-8-7-9-12-26/h7-13,18,21-25,28-31,33H,14-17,19-20H2,1-6H3/t24-,25+,28-,29-,30-,31-,33+,40?/m1/s1. The van der Waals surface area contributed by atoms with E-state index in [2.05, 4.69) is 46.5 Å². The lowest BCUT2D eigenvalue weighted by Gasteiger charge is -2.43. The quantitative estimate of drug-likeness (QED) is 0.210. The summed E-state index contributed by atoms with van der Waals surface area (Å²) in [5.41, 5.74) is 0.908. The van der Waals surface area contributed by atoms with E-state index in [1.54, 1.807) is 48.8 Å². The fourth-order valence-electron chi connectivity index (χ4n) is 6.57. The van der Waals surface area contributed by atoms with E-state index in [1.807, 2.05) is 6.07 Å². The third-order valence-electron chi connectivity index (χ3n) is 8.97. The molecule has 2 saturated carbocycles. The van der Waals surface area contributed by atoms with Crippen LogP contribution >= 0.6 is 7.60 Å². The smallest absolute Gasteiger partial charge is 0.376 e. The molecule has 0 bridgehead atoms. The summed E-state index contributed by atoms with van der Waals surface area (Å²) >= 11 is 0. The minimum absolute atomic E-state index is 0.248. The topological polar surface area (TPSA) is 74.7 Å². The van der Waals surface area contributed by atoms with E-state index < -0.39 is 19.4 Å². The van der Waals surface area contributed by atoms with E-state index in [9.17, 15) is 4.79 Å². The molecule has 0 N–H and O–H groups in total. The van der Waals surface area contributed by atoms with Gasteiger partial charge in [-0.15, -0.1) is 0 Å². The van der Waals surface area contributed by atoms with Crippen LogP contribution in [-0.2, 0) is 18.3 Å². The van der Waals surface area contributed by atoms with Gasteiger partial charge in [-0.1, -0.05) is 78.6 Å². The lowest BCUT2D eigenvalue weighted by atomic mass is 9.75. The molecule has 2 aliphatic rings. The Hall–Kier alpha value is -2.01. The van der Waals surface area contributed by atoms with Crippen LogP contribution in [0.3, 0.4) is 0 Å². The predicted octanol–water partition coefficient (Wildman–Crippen LogP) is 9.09. The molecule has 1 aromatic carbocycles. The zero-order valence-corrected chi connectivity index (χ0v) is 26.0. The van der Waals surface area contributed by atoms with Crippen LogP contribution in [0.1, 0.15) is 102 Å². The van der Waals surface area contributed by atoms with Crippen molar-refractivity contribution in [2.75, 3.05) is 0 Å². The first-order valence-corrected chi connectivity index (χ1v) is 16.8. The maximum atomic E-state index is 15.4. The number of hydrogen-bond acceptors (Lipinski definition) is 6. The molecule has 0 spiro atoms. The SMILES string of the molecule is CC(C)[C@H]1CC[C@@H](C)C[C@H]1OP(=O)(O[C@@H]1C[C@@H](C)CC[C@@H]1C(C)C)[C@H](OC(=O)c1ccccc1)c1cccnc1. The molecule has 2 aliphatic carbocycles. The molecule has 6 nitrogen and oxygen atoms in total. The normalized spacial score (nSPS) is 29.6. The van der Waals surface area contributed by atoms with Crippen LogP contribution in [0.15, 0.2) is 54.9 Å². The predicted molar refractivity (Wildman–Crippen MR) is 159 cm³/mol. The first kappa shape index (κ1) is 30.9. The van der Waals surface area contributed by atoms with Gasteiger partial charge in [-0.2, -0.15) is 0 Å². The lowest BCUT2D eigenvalue weighted by molar-refractivity contribution is -0.0207. The van der Waals surface area contributed by atoms with Crippen molar-refractivity contribution in [3.63, 3.8) is 0 Å². The maximum absolute atomic E-state index is 15.4. The van der Waals surface area contributed by atoms with Gasteiger partial charge in [0.15, 0.2) is 0 Å². The van der Waals surface area contributed by atoms with Crippen LogP contribution in [0.5, 0.6) is 0 Å². The van der Waals surface area contributed by atoms with Crippen molar-refractivity contribution in [1.82, 2.24) is 4.98 Å². The lowest BCUT2D eigenvalue weighted by Crippen LogP contribution is -2.37. The van der Waals surface area contributed by atoms with Gasteiger partial charge in [-0.05, 0) is 79.4 Å². The van der Waals surface area contributed by atoms with Gasteiger partial charge in [-0.25, -0.2) is 4.79 Å². The number of carbonyl (C=O) groups is 1. The summed E-state index contributed by atoms with van der Waals surface area (Å²) in [4.78, 5) is 17.7. The number of rotatable bonds is 10. The number of esters is 1. The maximum Gasteiger partial charge on any atom is 0.376 e. The molecule has 220 valence electrons. The van der Waals surface area contributed by atoms with Crippen LogP contribution in [0, 0.1) is 35.5 Å². The highest BCUT2D eigenvalue weighted by Gasteiger charge is 2.49. The molecule has 1 aromatic heterocycles. The van der Waals surface area contributed by atoms with Gasteiger partial charge in [-0.3, -0.25) is 9.55 Å². The second-order valence-electron chi connectivity index (χ2n) is 12.9. The van der Waals surface area contributed by atoms with Crippen LogP contribution < -0.4 is 0 Å². The Morgan fingerprint density at radius 1 is 0.825 bits per heavy atom. The minimum Gasteiger partial charge on any atom is -0.441 e. The number of nitrogens with zero attached hydrogens (tertiary/aromatic N) is 1. The van der Waals surface area contributed by atoms with E-state index in [0.717, 1.165) is 38.5 Å². The number of aromatic nitrogens is 1. The van der Waals surface area contributed by atoms with E-state index >= 15 is 4.57 Å².